The molecule has 1 aliphatic heterocycles. The SMILES string of the molecule is OCCOC1CCN(Cc2ccc(Br)s2)CC1. The molecule has 0 unspecified atom stereocenters. The van der Waals surface area contributed by atoms with Crippen LogP contribution in [0, 0.1) is 0 Å². The standard InChI is InChI=1S/C12H18BrNO2S/c13-12-2-1-11(17-12)9-14-5-3-10(4-6-14)16-8-7-15/h1-2,10,15H,3-9H2. The molecule has 2 heterocycles. The van der Waals surface area contributed by atoms with E-state index >= 15 is 0 Å². The molecule has 0 aromatic carbocycles. The Bertz CT molecular complexity index is 337. The van der Waals surface area contributed by atoms with Crippen molar-refractivity contribution in [2.24, 2.45) is 0 Å². The summed E-state index contributed by atoms with van der Waals surface area (Å²) in [6.07, 6.45) is 2.49. The quantitative estimate of drug-likeness (QED) is 0.905. The Morgan fingerprint density at radius 2 is 2.18 bits per heavy atom. The van der Waals surface area contributed by atoms with Crippen molar-refractivity contribution >= 4 is 27.3 Å². The molecule has 0 aliphatic carbocycles. The first-order valence-electron chi connectivity index (χ1n) is 5.97. The van der Waals surface area contributed by atoms with Crippen LogP contribution >= 0.6 is 27.3 Å². The fourth-order valence-electron chi connectivity index (χ4n) is 2.11. The minimum Gasteiger partial charge on any atom is -0.394 e. The maximum absolute atomic E-state index is 8.71. The lowest BCUT2D eigenvalue weighted by molar-refractivity contribution is -0.00886. The van der Waals surface area contributed by atoms with E-state index in [1.165, 1.54) is 8.66 Å². The largest absolute Gasteiger partial charge is 0.394 e. The number of hydrogen-bond acceptors (Lipinski definition) is 4. The van der Waals surface area contributed by atoms with Gasteiger partial charge in [-0.15, -0.1) is 11.3 Å². The van der Waals surface area contributed by atoms with E-state index in [1.54, 1.807) is 11.3 Å². The molecule has 1 aliphatic rings. The highest BCUT2D eigenvalue weighted by Gasteiger charge is 2.19. The minimum absolute atomic E-state index is 0.128. The molecule has 1 aromatic rings. The number of likely N-dealkylation sites (tertiary alicyclic amines) is 1. The van der Waals surface area contributed by atoms with Crippen LogP contribution in [0.2, 0.25) is 0 Å². The fraction of sp³-hybridized carbons (Fsp3) is 0.667. The smallest absolute Gasteiger partial charge is 0.0701 e. The zero-order valence-electron chi connectivity index (χ0n) is 9.77. The van der Waals surface area contributed by atoms with Crippen molar-refractivity contribution in [2.45, 2.75) is 25.5 Å². The molecule has 0 saturated carbocycles. The number of aliphatic hydroxyl groups excluding tert-OH is 1. The van der Waals surface area contributed by atoms with Gasteiger partial charge in [-0.25, -0.2) is 0 Å². The summed E-state index contributed by atoms with van der Waals surface area (Å²) in [4.78, 5) is 3.88. The Balaban J connectivity index is 1.72. The van der Waals surface area contributed by atoms with Gasteiger partial charge in [-0.05, 0) is 40.9 Å². The molecule has 0 bridgehead atoms. The van der Waals surface area contributed by atoms with Gasteiger partial charge in [-0.2, -0.15) is 0 Å². The molecule has 1 fully saturated rings. The highest BCUT2D eigenvalue weighted by Crippen LogP contribution is 2.24. The predicted molar refractivity (Wildman–Crippen MR) is 73.4 cm³/mol. The van der Waals surface area contributed by atoms with Gasteiger partial charge in [0.05, 0.1) is 23.1 Å². The van der Waals surface area contributed by atoms with Crippen LogP contribution in [0.3, 0.4) is 0 Å². The number of ether oxygens (including phenoxy) is 1. The molecule has 1 N–H and O–H groups in total. The normalized spacial score (nSPS) is 18.7. The summed E-state index contributed by atoms with van der Waals surface area (Å²) in [6, 6.07) is 4.29. The Kier molecular flexibility index (Phi) is 5.44. The van der Waals surface area contributed by atoms with Crippen molar-refractivity contribution in [3.8, 4) is 0 Å². The number of nitrogens with zero attached hydrogens (tertiary/aromatic N) is 1. The monoisotopic (exact) mass is 319 g/mol. The van der Waals surface area contributed by atoms with Gasteiger partial charge in [0.25, 0.3) is 0 Å². The number of piperidine rings is 1. The van der Waals surface area contributed by atoms with E-state index in [0.29, 0.717) is 12.7 Å². The summed E-state index contributed by atoms with van der Waals surface area (Å²) in [5, 5.41) is 8.71. The van der Waals surface area contributed by atoms with Gasteiger partial charge in [-0.1, -0.05) is 0 Å². The molecule has 1 aromatic heterocycles. The lowest BCUT2D eigenvalue weighted by Gasteiger charge is -2.31. The summed E-state index contributed by atoms with van der Waals surface area (Å²) >= 11 is 5.30. The molecular formula is C12H18BrNO2S. The van der Waals surface area contributed by atoms with E-state index in [1.807, 2.05) is 0 Å². The number of hydrogen-bond donors (Lipinski definition) is 1. The van der Waals surface area contributed by atoms with Gasteiger partial charge in [0.15, 0.2) is 0 Å². The van der Waals surface area contributed by atoms with Gasteiger partial charge in [-0.3, -0.25) is 4.90 Å². The molecule has 5 heteroatoms. The first-order valence-corrected chi connectivity index (χ1v) is 7.58. The van der Waals surface area contributed by atoms with Crippen molar-refractivity contribution in [3.05, 3.63) is 20.8 Å². The average Bonchev–Trinajstić information content (AvgIpc) is 2.74. The van der Waals surface area contributed by atoms with E-state index in [9.17, 15) is 0 Å². The van der Waals surface area contributed by atoms with Crippen LogP contribution in [0.25, 0.3) is 0 Å². The molecule has 0 atom stereocenters. The van der Waals surface area contributed by atoms with Crippen LogP contribution in [0.4, 0.5) is 0 Å². The van der Waals surface area contributed by atoms with E-state index in [2.05, 4.69) is 33.0 Å². The maximum Gasteiger partial charge on any atom is 0.0701 e. The van der Waals surface area contributed by atoms with Crippen LogP contribution in [0.1, 0.15) is 17.7 Å². The molecule has 96 valence electrons. The predicted octanol–water partition coefficient (Wildman–Crippen LogP) is 2.48. The van der Waals surface area contributed by atoms with Crippen molar-refractivity contribution in [1.82, 2.24) is 4.90 Å². The molecule has 17 heavy (non-hydrogen) atoms. The number of thiophene rings is 1. The van der Waals surface area contributed by atoms with E-state index in [0.717, 1.165) is 32.5 Å². The Morgan fingerprint density at radius 1 is 1.41 bits per heavy atom. The summed E-state index contributed by atoms with van der Waals surface area (Å²) in [5.41, 5.74) is 0. The topological polar surface area (TPSA) is 32.7 Å². The first kappa shape index (κ1) is 13.5. The summed E-state index contributed by atoms with van der Waals surface area (Å²) < 4.78 is 6.76. The Labute approximate surface area is 115 Å². The third kappa shape index (κ3) is 4.34. The van der Waals surface area contributed by atoms with Crippen LogP contribution in [-0.2, 0) is 11.3 Å². The summed E-state index contributed by atoms with van der Waals surface area (Å²) in [6.45, 7) is 3.83. The van der Waals surface area contributed by atoms with Gasteiger partial charge in [0.2, 0.25) is 0 Å². The lowest BCUT2D eigenvalue weighted by atomic mass is 10.1. The summed E-state index contributed by atoms with van der Waals surface area (Å²) in [7, 11) is 0. The number of rotatable bonds is 5. The van der Waals surface area contributed by atoms with Crippen molar-refractivity contribution in [1.29, 1.82) is 0 Å². The molecular weight excluding hydrogens is 302 g/mol. The van der Waals surface area contributed by atoms with E-state index in [-0.39, 0.29) is 6.61 Å². The summed E-state index contributed by atoms with van der Waals surface area (Å²) in [5.74, 6) is 0. The fourth-order valence-corrected chi connectivity index (χ4v) is 3.64. The van der Waals surface area contributed by atoms with E-state index in [4.69, 9.17) is 9.84 Å². The second kappa shape index (κ2) is 6.85. The van der Waals surface area contributed by atoms with Crippen LogP contribution < -0.4 is 0 Å². The highest BCUT2D eigenvalue weighted by molar-refractivity contribution is 9.11. The second-order valence-corrected chi connectivity index (χ2v) is 6.82. The molecule has 0 radical (unpaired) electrons. The van der Waals surface area contributed by atoms with Crippen molar-refractivity contribution in [3.63, 3.8) is 0 Å². The molecule has 3 nitrogen and oxygen atoms in total. The average molecular weight is 320 g/mol. The minimum atomic E-state index is 0.128. The maximum atomic E-state index is 8.71. The molecule has 0 spiro atoms. The second-order valence-electron chi connectivity index (χ2n) is 4.28. The third-order valence-corrected chi connectivity index (χ3v) is 4.60. The number of aliphatic hydroxyl groups is 1. The molecule has 2 rings (SSSR count). The molecule has 1 saturated heterocycles. The number of halogens is 1. The van der Waals surface area contributed by atoms with Crippen LogP contribution in [0.15, 0.2) is 15.9 Å². The van der Waals surface area contributed by atoms with Crippen LogP contribution in [0.5, 0.6) is 0 Å². The Morgan fingerprint density at radius 3 is 2.76 bits per heavy atom. The van der Waals surface area contributed by atoms with Crippen molar-refractivity contribution in [2.75, 3.05) is 26.3 Å². The lowest BCUT2D eigenvalue weighted by Crippen LogP contribution is -2.36. The van der Waals surface area contributed by atoms with Crippen LogP contribution in [-0.4, -0.2) is 42.4 Å². The van der Waals surface area contributed by atoms with Gasteiger partial charge < -0.3 is 9.84 Å². The Hall–Kier alpha value is 0.0600. The zero-order chi connectivity index (χ0) is 12.1. The highest BCUT2D eigenvalue weighted by atomic mass is 79.9. The third-order valence-electron chi connectivity index (χ3n) is 2.99. The van der Waals surface area contributed by atoms with Gasteiger partial charge in [0.1, 0.15) is 0 Å². The first-order chi connectivity index (χ1) is 8.28. The zero-order valence-corrected chi connectivity index (χ0v) is 12.2. The molecule has 0 amide bonds. The van der Waals surface area contributed by atoms with Gasteiger partial charge in [0, 0.05) is 24.5 Å². The van der Waals surface area contributed by atoms with Crippen molar-refractivity contribution < 1.29 is 9.84 Å². The van der Waals surface area contributed by atoms with E-state index < -0.39 is 0 Å². The van der Waals surface area contributed by atoms with Gasteiger partial charge >= 0.3 is 0 Å².